The van der Waals surface area contributed by atoms with Crippen LogP contribution in [-0.4, -0.2) is 47.2 Å². The van der Waals surface area contributed by atoms with Gasteiger partial charge in [-0.1, -0.05) is 30.3 Å². The fourth-order valence-electron chi connectivity index (χ4n) is 3.42. The van der Waals surface area contributed by atoms with E-state index in [1.165, 1.54) is 0 Å². The number of nitrogens with two attached hydrogens (primary N) is 1. The highest BCUT2D eigenvalue weighted by molar-refractivity contribution is 5.95. The van der Waals surface area contributed by atoms with Gasteiger partial charge in [0.05, 0.1) is 18.9 Å². The van der Waals surface area contributed by atoms with Crippen LogP contribution in [0.15, 0.2) is 77.5 Å². The first-order valence-electron chi connectivity index (χ1n) is 10.5. The van der Waals surface area contributed by atoms with Gasteiger partial charge < -0.3 is 26.0 Å². The lowest BCUT2D eigenvalue weighted by Crippen LogP contribution is -2.42. The molecule has 2 aliphatic rings. The molecule has 1 unspecified atom stereocenters. The highest BCUT2D eigenvalue weighted by atomic mass is 16.5. The van der Waals surface area contributed by atoms with Crippen molar-refractivity contribution in [1.82, 2.24) is 25.7 Å². The molecule has 0 saturated carbocycles. The van der Waals surface area contributed by atoms with Crippen LogP contribution in [0.2, 0.25) is 0 Å². The van der Waals surface area contributed by atoms with Crippen molar-refractivity contribution < 1.29 is 4.74 Å². The van der Waals surface area contributed by atoms with Crippen molar-refractivity contribution in [3.63, 3.8) is 0 Å². The molecule has 1 aromatic heterocycles. The predicted molar refractivity (Wildman–Crippen MR) is 122 cm³/mol. The maximum atomic E-state index is 6.26. The van der Waals surface area contributed by atoms with Gasteiger partial charge >= 0.3 is 0 Å². The zero-order valence-electron chi connectivity index (χ0n) is 17.7. The second kappa shape index (κ2) is 10.1. The highest BCUT2D eigenvalue weighted by Gasteiger charge is 2.18. The van der Waals surface area contributed by atoms with E-state index in [1.54, 1.807) is 0 Å². The van der Waals surface area contributed by atoms with Crippen molar-refractivity contribution >= 4 is 5.84 Å². The standard InChI is InChI=1S/C23H29N7O/c1-17-15-19(29-28-17)7-8-21-26-22(16-23(27-21)30-11-13-31-14-12-30)25-10-9-20(24)18-5-3-2-4-6-18/h2-6,8-10,15-16,20,25-26H,7,11-14,24H2,1H3,(H,28,29)/b10-9-,21-8-. The van der Waals surface area contributed by atoms with Gasteiger partial charge in [-0.25, -0.2) is 4.99 Å². The summed E-state index contributed by atoms with van der Waals surface area (Å²) in [5.41, 5.74) is 9.35. The molecule has 4 rings (SSSR count). The Labute approximate surface area is 182 Å². The smallest absolute Gasteiger partial charge is 0.134 e. The number of allylic oxidation sites excluding steroid dienone is 1. The summed E-state index contributed by atoms with van der Waals surface area (Å²) in [5.74, 6) is 2.54. The van der Waals surface area contributed by atoms with E-state index in [0.29, 0.717) is 19.6 Å². The van der Waals surface area contributed by atoms with Crippen molar-refractivity contribution in [3.05, 3.63) is 89.4 Å². The number of amidine groups is 1. The molecule has 5 N–H and O–H groups in total. The second-order valence-corrected chi connectivity index (χ2v) is 7.53. The Balaban J connectivity index is 1.46. The lowest BCUT2D eigenvalue weighted by molar-refractivity contribution is 0.0683. The Bertz CT molecular complexity index is 984. The molecule has 3 heterocycles. The summed E-state index contributed by atoms with van der Waals surface area (Å²) in [6.07, 6.45) is 8.56. The number of ether oxygens (including phenoxy) is 1. The minimum absolute atomic E-state index is 0.178. The van der Waals surface area contributed by atoms with Crippen LogP contribution in [0.3, 0.4) is 0 Å². The number of morpholine rings is 1. The molecule has 0 radical (unpaired) electrons. The third-order valence-corrected chi connectivity index (χ3v) is 5.10. The van der Waals surface area contributed by atoms with Gasteiger partial charge in [0.1, 0.15) is 17.5 Å². The molecule has 0 spiro atoms. The van der Waals surface area contributed by atoms with E-state index >= 15 is 0 Å². The maximum Gasteiger partial charge on any atom is 0.134 e. The van der Waals surface area contributed by atoms with Crippen molar-refractivity contribution in [2.75, 3.05) is 26.3 Å². The normalized spacial score (nSPS) is 19.2. The number of aromatic amines is 1. The van der Waals surface area contributed by atoms with Gasteiger partial charge in [-0.15, -0.1) is 0 Å². The number of nitrogens with one attached hydrogen (secondary N) is 3. The van der Waals surface area contributed by atoms with E-state index in [-0.39, 0.29) is 6.04 Å². The van der Waals surface area contributed by atoms with E-state index in [9.17, 15) is 0 Å². The monoisotopic (exact) mass is 419 g/mol. The zero-order chi connectivity index (χ0) is 21.5. The van der Waals surface area contributed by atoms with E-state index in [2.05, 4.69) is 25.7 Å². The van der Waals surface area contributed by atoms with Crippen LogP contribution >= 0.6 is 0 Å². The van der Waals surface area contributed by atoms with Crippen molar-refractivity contribution in [1.29, 1.82) is 0 Å². The quantitative estimate of drug-likeness (QED) is 0.572. The average Bonchev–Trinajstić information content (AvgIpc) is 3.24. The molecule has 1 fully saturated rings. The topological polar surface area (TPSA) is 104 Å². The minimum atomic E-state index is -0.178. The van der Waals surface area contributed by atoms with Crippen molar-refractivity contribution in [2.45, 2.75) is 19.4 Å². The van der Waals surface area contributed by atoms with Gasteiger partial charge in [-0.05, 0) is 30.7 Å². The van der Waals surface area contributed by atoms with Gasteiger partial charge in [-0.3, -0.25) is 5.10 Å². The number of rotatable bonds is 6. The average molecular weight is 420 g/mol. The van der Waals surface area contributed by atoms with Crippen LogP contribution in [0.5, 0.6) is 0 Å². The first-order chi connectivity index (χ1) is 15.2. The summed E-state index contributed by atoms with van der Waals surface area (Å²) in [5, 5.41) is 13.9. The number of H-pyrrole nitrogens is 1. The molecule has 0 bridgehead atoms. The first-order valence-corrected chi connectivity index (χ1v) is 10.5. The summed E-state index contributed by atoms with van der Waals surface area (Å²) in [4.78, 5) is 7.04. The summed E-state index contributed by atoms with van der Waals surface area (Å²) >= 11 is 0. The Morgan fingerprint density at radius 3 is 2.81 bits per heavy atom. The van der Waals surface area contributed by atoms with Crippen LogP contribution in [0, 0.1) is 6.92 Å². The Morgan fingerprint density at radius 2 is 2.06 bits per heavy atom. The summed E-state index contributed by atoms with van der Waals surface area (Å²) in [7, 11) is 0. The molecule has 2 aliphatic heterocycles. The maximum absolute atomic E-state index is 6.26. The molecule has 8 heteroatoms. The Kier molecular flexibility index (Phi) is 6.81. The number of hydrogen-bond acceptors (Lipinski definition) is 7. The third kappa shape index (κ3) is 5.84. The largest absolute Gasteiger partial charge is 0.378 e. The first kappa shape index (κ1) is 20.9. The van der Waals surface area contributed by atoms with Gasteiger partial charge in [0.2, 0.25) is 0 Å². The summed E-state index contributed by atoms with van der Waals surface area (Å²) < 4.78 is 5.49. The lowest BCUT2D eigenvalue weighted by Gasteiger charge is -2.31. The molecular formula is C23H29N7O. The number of aromatic nitrogens is 2. The van der Waals surface area contributed by atoms with Gasteiger partial charge in [0, 0.05) is 43.5 Å². The van der Waals surface area contributed by atoms with Crippen LogP contribution in [0.4, 0.5) is 0 Å². The molecule has 1 saturated heterocycles. The third-order valence-electron chi connectivity index (χ3n) is 5.10. The molecular weight excluding hydrogens is 390 g/mol. The number of hydrogen-bond donors (Lipinski definition) is 4. The van der Waals surface area contributed by atoms with Crippen LogP contribution < -0.4 is 16.4 Å². The molecule has 31 heavy (non-hydrogen) atoms. The summed E-state index contributed by atoms with van der Waals surface area (Å²) in [6.45, 7) is 5.06. The number of aliphatic imine (C=N–C) groups is 1. The van der Waals surface area contributed by atoms with E-state index in [0.717, 1.165) is 47.5 Å². The van der Waals surface area contributed by atoms with E-state index < -0.39 is 0 Å². The van der Waals surface area contributed by atoms with E-state index in [1.807, 2.05) is 67.7 Å². The fraction of sp³-hybridized carbons (Fsp3) is 0.304. The molecule has 162 valence electrons. The van der Waals surface area contributed by atoms with Crippen LogP contribution in [-0.2, 0) is 11.2 Å². The van der Waals surface area contributed by atoms with Gasteiger partial charge in [0.15, 0.2) is 0 Å². The Hall–Kier alpha value is -3.36. The van der Waals surface area contributed by atoms with Gasteiger partial charge in [0.25, 0.3) is 0 Å². The number of benzene rings is 1. The molecule has 1 atom stereocenters. The molecule has 2 aromatic rings. The van der Waals surface area contributed by atoms with Crippen molar-refractivity contribution in [2.24, 2.45) is 10.7 Å². The summed E-state index contributed by atoms with van der Waals surface area (Å²) in [6, 6.07) is 11.9. The second-order valence-electron chi connectivity index (χ2n) is 7.53. The zero-order valence-corrected chi connectivity index (χ0v) is 17.7. The predicted octanol–water partition coefficient (Wildman–Crippen LogP) is 2.08. The Morgan fingerprint density at radius 1 is 1.26 bits per heavy atom. The van der Waals surface area contributed by atoms with Crippen molar-refractivity contribution in [3.8, 4) is 0 Å². The SMILES string of the molecule is Cc1cc(C/C=C2\N=C(N3CCOCC3)C=C(N/C=C\C(N)c3ccccc3)N2)n[nH]1. The van der Waals surface area contributed by atoms with E-state index in [4.69, 9.17) is 15.5 Å². The molecule has 0 amide bonds. The van der Waals surface area contributed by atoms with Gasteiger partial charge in [-0.2, -0.15) is 5.10 Å². The molecule has 8 nitrogen and oxygen atoms in total. The van der Waals surface area contributed by atoms with Crippen LogP contribution in [0.1, 0.15) is 23.0 Å². The molecule has 0 aliphatic carbocycles. The molecule has 1 aromatic carbocycles. The van der Waals surface area contributed by atoms with Crippen LogP contribution in [0.25, 0.3) is 0 Å². The lowest BCUT2D eigenvalue weighted by atomic mass is 10.1. The number of aryl methyl sites for hydroxylation is 1. The highest BCUT2D eigenvalue weighted by Crippen LogP contribution is 2.13. The number of nitrogens with zero attached hydrogens (tertiary/aromatic N) is 3. The minimum Gasteiger partial charge on any atom is -0.378 e. The fourth-order valence-corrected chi connectivity index (χ4v) is 3.42.